The molecule has 1 N–H and O–H groups in total. The van der Waals surface area contributed by atoms with E-state index in [1.54, 1.807) is 19.0 Å². The zero-order valence-corrected chi connectivity index (χ0v) is 19.1. The van der Waals surface area contributed by atoms with Crippen LogP contribution in [0, 0.1) is 0 Å². The fourth-order valence-corrected chi connectivity index (χ4v) is 4.93. The third kappa shape index (κ3) is 5.40. The minimum absolute atomic E-state index is 0.0473. The highest BCUT2D eigenvalue weighted by atomic mass is 32.2. The molecule has 0 unspecified atom stereocenters. The number of halogens is 3. The topological polar surface area (TPSA) is 88.2 Å². The summed E-state index contributed by atoms with van der Waals surface area (Å²) < 4.78 is 77.4. The number of morpholine rings is 1. The number of carbonyl (C=O) groups excluding carboxylic acids is 1. The maximum atomic E-state index is 13.2. The SMILES string of the molecule is COc1ccc(C(=O)Nc2cc(C(F)(F)F)ccc2N(C)C)cc1S(=O)(=O)N1CCOCC1. The molecule has 0 bridgehead atoms. The van der Waals surface area contributed by atoms with Crippen LogP contribution in [0.1, 0.15) is 15.9 Å². The summed E-state index contributed by atoms with van der Waals surface area (Å²) in [6.45, 7) is 0.784. The van der Waals surface area contributed by atoms with Crippen molar-refractivity contribution in [2.75, 3.05) is 57.7 Å². The number of rotatable bonds is 6. The lowest BCUT2D eigenvalue weighted by Crippen LogP contribution is -2.40. The van der Waals surface area contributed by atoms with Gasteiger partial charge in [0.15, 0.2) is 0 Å². The number of sulfonamides is 1. The van der Waals surface area contributed by atoms with Gasteiger partial charge in [-0.25, -0.2) is 8.42 Å². The minimum atomic E-state index is -4.59. The Labute approximate surface area is 189 Å². The first-order chi connectivity index (χ1) is 15.4. The fraction of sp³-hybridized carbons (Fsp3) is 0.381. The van der Waals surface area contributed by atoms with E-state index in [1.165, 1.54) is 29.6 Å². The first-order valence-corrected chi connectivity index (χ1v) is 11.3. The molecule has 180 valence electrons. The third-order valence-electron chi connectivity index (χ3n) is 5.07. The maximum absolute atomic E-state index is 13.2. The van der Waals surface area contributed by atoms with E-state index in [9.17, 15) is 26.4 Å². The monoisotopic (exact) mass is 487 g/mol. The summed E-state index contributed by atoms with van der Waals surface area (Å²) in [5.41, 5.74) is -0.683. The molecule has 0 aliphatic carbocycles. The van der Waals surface area contributed by atoms with Gasteiger partial charge < -0.3 is 19.7 Å². The zero-order chi connectivity index (χ0) is 24.4. The number of alkyl halides is 3. The molecule has 0 atom stereocenters. The molecule has 3 rings (SSSR count). The average molecular weight is 488 g/mol. The number of anilines is 2. The van der Waals surface area contributed by atoms with Crippen molar-refractivity contribution in [1.29, 1.82) is 0 Å². The van der Waals surface area contributed by atoms with Gasteiger partial charge >= 0.3 is 6.18 Å². The van der Waals surface area contributed by atoms with E-state index < -0.39 is 27.7 Å². The van der Waals surface area contributed by atoms with E-state index in [2.05, 4.69) is 5.32 Å². The number of carbonyl (C=O) groups is 1. The molecule has 0 saturated carbocycles. The second-order valence-corrected chi connectivity index (χ2v) is 9.37. The molecule has 1 aliphatic heterocycles. The summed E-state index contributed by atoms with van der Waals surface area (Å²) in [7, 11) is 0.562. The van der Waals surface area contributed by atoms with Crippen molar-refractivity contribution in [3.63, 3.8) is 0 Å². The number of nitrogens with zero attached hydrogens (tertiary/aromatic N) is 2. The number of hydrogen-bond acceptors (Lipinski definition) is 6. The van der Waals surface area contributed by atoms with Crippen LogP contribution in [-0.2, 0) is 20.9 Å². The van der Waals surface area contributed by atoms with E-state index in [4.69, 9.17) is 9.47 Å². The van der Waals surface area contributed by atoms with Crippen molar-refractivity contribution >= 4 is 27.3 Å². The molecule has 1 saturated heterocycles. The predicted octanol–water partition coefficient (Wildman–Crippen LogP) is 3.05. The summed E-state index contributed by atoms with van der Waals surface area (Å²) in [6.07, 6.45) is -4.59. The molecule has 1 heterocycles. The lowest BCUT2D eigenvalue weighted by molar-refractivity contribution is -0.137. The summed E-state index contributed by atoms with van der Waals surface area (Å²) in [5.74, 6) is -0.718. The predicted molar refractivity (Wildman–Crippen MR) is 116 cm³/mol. The van der Waals surface area contributed by atoms with E-state index in [-0.39, 0.29) is 48.2 Å². The molecule has 0 radical (unpaired) electrons. The van der Waals surface area contributed by atoms with E-state index >= 15 is 0 Å². The number of nitrogens with one attached hydrogen (secondary N) is 1. The van der Waals surface area contributed by atoms with E-state index in [0.29, 0.717) is 5.69 Å². The molecule has 33 heavy (non-hydrogen) atoms. The number of ether oxygens (including phenoxy) is 2. The third-order valence-corrected chi connectivity index (χ3v) is 6.99. The van der Waals surface area contributed by atoms with Gasteiger partial charge in [0.05, 0.1) is 37.3 Å². The molecule has 1 fully saturated rings. The van der Waals surface area contributed by atoms with Crippen LogP contribution in [0.4, 0.5) is 24.5 Å². The van der Waals surface area contributed by atoms with Crippen LogP contribution in [0.25, 0.3) is 0 Å². The second kappa shape index (κ2) is 9.57. The van der Waals surface area contributed by atoms with Crippen molar-refractivity contribution in [2.24, 2.45) is 0 Å². The molecule has 1 aliphatic rings. The van der Waals surface area contributed by atoms with Crippen molar-refractivity contribution in [3.05, 3.63) is 47.5 Å². The van der Waals surface area contributed by atoms with Gasteiger partial charge in [-0.3, -0.25) is 4.79 Å². The molecule has 1 amide bonds. The Morgan fingerprint density at radius 2 is 1.79 bits per heavy atom. The highest BCUT2D eigenvalue weighted by molar-refractivity contribution is 7.89. The fourth-order valence-electron chi connectivity index (χ4n) is 3.34. The molecule has 2 aromatic carbocycles. The Kier molecular flexibility index (Phi) is 7.20. The summed E-state index contributed by atoms with van der Waals surface area (Å²) in [4.78, 5) is 14.3. The van der Waals surface area contributed by atoms with Gasteiger partial charge in [0.1, 0.15) is 10.6 Å². The Bertz CT molecular complexity index is 1130. The first-order valence-electron chi connectivity index (χ1n) is 9.91. The smallest absolute Gasteiger partial charge is 0.416 e. The first kappa shape index (κ1) is 24.8. The molecular weight excluding hydrogens is 463 g/mol. The van der Waals surface area contributed by atoms with Crippen molar-refractivity contribution in [3.8, 4) is 5.75 Å². The number of hydrogen-bond donors (Lipinski definition) is 1. The van der Waals surface area contributed by atoms with Gasteiger partial charge in [0.2, 0.25) is 10.0 Å². The van der Waals surface area contributed by atoms with Gasteiger partial charge in [0, 0.05) is 32.7 Å². The van der Waals surface area contributed by atoms with Crippen LogP contribution in [0.2, 0.25) is 0 Å². The quantitative estimate of drug-likeness (QED) is 0.674. The van der Waals surface area contributed by atoms with Gasteiger partial charge in [-0.05, 0) is 36.4 Å². The molecule has 12 heteroatoms. The summed E-state index contributed by atoms with van der Waals surface area (Å²) in [5, 5.41) is 2.47. The highest BCUT2D eigenvalue weighted by Crippen LogP contribution is 2.35. The van der Waals surface area contributed by atoms with Crippen LogP contribution >= 0.6 is 0 Å². The largest absolute Gasteiger partial charge is 0.495 e. The number of amides is 1. The average Bonchev–Trinajstić information content (AvgIpc) is 2.78. The van der Waals surface area contributed by atoms with Crippen LogP contribution in [0.3, 0.4) is 0 Å². The van der Waals surface area contributed by atoms with Gasteiger partial charge in [-0.15, -0.1) is 0 Å². The lowest BCUT2D eigenvalue weighted by atomic mass is 10.1. The molecule has 0 aromatic heterocycles. The highest BCUT2D eigenvalue weighted by Gasteiger charge is 2.32. The standard InChI is InChI=1S/C21H24F3N3O5S/c1-26(2)17-6-5-15(21(22,23)24)13-16(17)25-20(28)14-4-7-18(31-3)19(12-14)33(29,30)27-8-10-32-11-9-27/h4-7,12-13H,8-11H2,1-3H3,(H,25,28). The molecule has 0 spiro atoms. The normalized spacial score (nSPS) is 15.2. The second-order valence-electron chi connectivity index (χ2n) is 7.46. The van der Waals surface area contributed by atoms with Crippen LogP contribution in [0.15, 0.2) is 41.3 Å². The van der Waals surface area contributed by atoms with Crippen molar-refractivity contribution in [1.82, 2.24) is 4.31 Å². The molecule has 2 aromatic rings. The van der Waals surface area contributed by atoms with Crippen molar-refractivity contribution in [2.45, 2.75) is 11.1 Å². The van der Waals surface area contributed by atoms with E-state index in [0.717, 1.165) is 18.2 Å². The Balaban J connectivity index is 1.98. The Morgan fingerprint density at radius 3 is 2.36 bits per heavy atom. The van der Waals surface area contributed by atoms with E-state index in [1.807, 2.05) is 0 Å². The summed E-state index contributed by atoms with van der Waals surface area (Å²) >= 11 is 0. The number of methoxy groups -OCH3 is 1. The molecular formula is C21H24F3N3O5S. The van der Waals surface area contributed by atoms with Gasteiger partial charge in [-0.1, -0.05) is 0 Å². The lowest BCUT2D eigenvalue weighted by Gasteiger charge is -2.26. The Hall–Kier alpha value is -2.83. The number of benzene rings is 2. The maximum Gasteiger partial charge on any atom is 0.416 e. The van der Waals surface area contributed by atoms with Gasteiger partial charge in [-0.2, -0.15) is 17.5 Å². The molecule has 8 nitrogen and oxygen atoms in total. The van der Waals surface area contributed by atoms with Crippen molar-refractivity contribution < 1.29 is 35.9 Å². The summed E-state index contributed by atoms with van der Waals surface area (Å²) in [6, 6.07) is 6.84. The van der Waals surface area contributed by atoms with Crippen LogP contribution < -0.4 is 15.0 Å². The van der Waals surface area contributed by atoms with Crippen LogP contribution in [-0.4, -0.2) is 66.1 Å². The van der Waals surface area contributed by atoms with Gasteiger partial charge in [0.25, 0.3) is 5.91 Å². The Morgan fingerprint density at radius 1 is 1.12 bits per heavy atom. The minimum Gasteiger partial charge on any atom is -0.495 e. The van der Waals surface area contributed by atoms with Crippen LogP contribution in [0.5, 0.6) is 5.75 Å². The zero-order valence-electron chi connectivity index (χ0n) is 18.3.